The molecule has 1 atom stereocenters. The molecule has 0 aliphatic rings. The average Bonchev–Trinajstić information content (AvgIpc) is 3.25. The molecular formula is C28H24F3N5O4S. The fraction of sp³-hybridized carbons (Fsp3) is 0.214. The monoisotopic (exact) mass is 583 g/mol. The minimum atomic E-state index is -4.64. The van der Waals surface area contributed by atoms with Crippen LogP contribution in [-0.2, 0) is 22.5 Å². The molecule has 0 bridgehead atoms. The molecule has 4 rings (SSSR count). The van der Waals surface area contributed by atoms with E-state index < -0.39 is 32.8 Å². The van der Waals surface area contributed by atoms with Crippen molar-refractivity contribution in [3.8, 4) is 23.2 Å². The summed E-state index contributed by atoms with van der Waals surface area (Å²) < 4.78 is 63.2. The number of aromatic nitrogens is 2. The van der Waals surface area contributed by atoms with Gasteiger partial charge >= 0.3 is 6.18 Å². The predicted octanol–water partition coefficient (Wildman–Crippen LogP) is 5.30. The van der Waals surface area contributed by atoms with Crippen molar-refractivity contribution in [2.45, 2.75) is 38.4 Å². The lowest BCUT2D eigenvalue weighted by Crippen LogP contribution is -2.30. The van der Waals surface area contributed by atoms with Crippen LogP contribution in [0, 0.1) is 32.2 Å². The van der Waals surface area contributed by atoms with Crippen LogP contribution in [0.25, 0.3) is 17.0 Å². The van der Waals surface area contributed by atoms with E-state index in [9.17, 15) is 27.0 Å². The first-order valence-corrected chi connectivity index (χ1v) is 14.0. The van der Waals surface area contributed by atoms with Gasteiger partial charge < -0.3 is 9.84 Å². The number of benzene rings is 2. The molecule has 0 fully saturated rings. The van der Waals surface area contributed by atoms with Crippen LogP contribution in [0.15, 0.2) is 73.3 Å². The van der Waals surface area contributed by atoms with Crippen LogP contribution >= 0.6 is 0 Å². The summed E-state index contributed by atoms with van der Waals surface area (Å²) in [7, 11) is -2.89. The summed E-state index contributed by atoms with van der Waals surface area (Å²) in [6, 6.07) is 10.5. The van der Waals surface area contributed by atoms with Gasteiger partial charge in [0.25, 0.3) is 5.91 Å². The number of nitriles is 1. The van der Waals surface area contributed by atoms with Crippen molar-refractivity contribution >= 4 is 15.6 Å². The molecule has 4 aromatic rings. The molecule has 1 unspecified atom stereocenters. The number of carbonyl (C=O) groups excluding carboxylic acids is 1. The van der Waals surface area contributed by atoms with Crippen LogP contribution in [-0.4, -0.2) is 26.1 Å². The Kier molecular flexibility index (Phi) is 7.89. The highest BCUT2D eigenvalue weighted by Crippen LogP contribution is 2.33. The maximum absolute atomic E-state index is 13.6. The smallest absolute Gasteiger partial charge is 0.348 e. The Morgan fingerprint density at radius 1 is 1.17 bits per heavy atom. The molecule has 0 aliphatic carbocycles. The Balaban J connectivity index is 1.78. The van der Waals surface area contributed by atoms with Gasteiger partial charge in [-0.15, -0.1) is 4.36 Å². The number of rotatable bonds is 6. The quantitative estimate of drug-likeness (QED) is 0.307. The van der Waals surface area contributed by atoms with E-state index in [2.05, 4.69) is 14.8 Å². The van der Waals surface area contributed by atoms with Gasteiger partial charge in [-0.05, 0) is 56.2 Å². The van der Waals surface area contributed by atoms with E-state index in [1.165, 1.54) is 47.5 Å². The van der Waals surface area contributed by atoms with Crippen molar-refractivity contribution < 1.29 is 26.7 Å². The number of halogens is 3. The molecule has 13 heteroatoms. The van der Waals surface area contributed by atoms with E-state index in [0.717, 1.165) is 12.1 Å². The molecule has 0 aliphatic heterocycles. The Labute approximate surface area is 233 Å². The Morgan fingerprint density at radius 2 is 1.85 bits per heavy atom. The van der Waals surface area contributed by atoms with Gasteiger partial charge in [0, 0.05) is 40.7 Å². The highest BCUT2D eigenvalue weighted by molar-refractivity contribution is 7.93. The molecule has 1 amide bonds. The Bertz CT molecular complexity index is 1880. The van der Waals surface area contributed by atoms with Gasteiger partial charge in [-0.25, -0.2) is 4.21 Å². The summed E-state index contributed by atoms with van der Waals surface area (Å²) in [6.45, 7) is 4.96. The van der Waals surface area contributed by atoms with Crippen LogP contribution < -0.4 is 10.7 Å². The maximum atomic E-state index is 13.6. The standard InChI is InChI=1S/C28H24F3N5O4S/c1-16-17(2)35-40-27(16)36-14-23(25(37)24(18(36)3)20-6-5-7-21(12-20)28(29,30)31)26(38)33-13-19-8-10-22(11-9-19)41(4,39)34-15-32/h5-12,14H,13H2,1-4H3,(H,33,38). The number of pyridine rings is 1. The molecule has 2 aromatic heterocycles. The zero-order valence-corrected chi connectivity index (χ0v) is 23.2. The molecule has 0 saturated carbocycles. The minimum absolute atomic E-state index is 0.0128. The molecule has 0 radical (unpaired) electrons. The van der Waals surface area contributed by atoms with Crippen molar-refractivity contribution in [2.75, 3.05) is 6.26 Å². The van der Waals surface area contributed by atoms with Crippen molar-refractivity contribution in [1.82, 2.24) is 15.0 Å². The van der Waals surface area contributed by atoms with Crippen LogP contribution in [0.4, 0.5) is 13.2 Å². The summed E-state index contributed by atoms with van der Waals surface area (Å²) >= 11 is 0. The number of nitrogens with one attached hydrogen (secondary N) is 1. The first-order valence-electron chi connectivity index (χ1n) is 12.1. The Hall–Kier alpha value is -4.70. The number of carbonyl (C=O) groups is 1. The van der Waals surface area contributed by atoms with Crippen molar-refractivity contribution in [3.05, 3.63) is 98.6 Å². The predicted molar refractivity (Wildman–Crippen MR) is 145 cm³/mol. The zero-order valence-electron chi connectivity index (χ0n) is 22.4. The first kappa shape index (κ1) is 29.3. The van der Waals surface area contributed by atoms with Gasteiger partial charge in [0.15, 0.2) is 0 Å². The van der Waals surface area contributed by atoms with Crippen molar-refractivity contribution in [2.24, 2.45) is 4.36 Å². The van der Waals surface area contributed by atoms with E-state index in [-0.39, 0.29) is 34.8 Å². The lowest BCUT2D eigenvalue weighted by atomic mass is 9.98. The summed E-state index contributed by atoms with van der Waals surface area (Å²) in [5, 5.41) is 15.3. The van der Waals surface area contributed by atoms with Gasteiger partial charge in [-0.2, -0.15) is 18.4 Å². The number of hydrogen-bond donors (Lipinski definition) is 1. The molecule has 0 spiro atoms. The third kappa shape index (κ3) is 5.92. The molecule has 2 aromatic carbocycles. The summed E-state index contributed by atoms with van der Waals surface area (Å²) in [6.07, 6.45) is -0.506. The zero-order chi connectivity index (χ0) is 30.1. The second-order valence-electron chi connectivity index (χ2n) is 9.30. The van der Waals surface area contributed by atoms with Gasteiger partial charge in [0.05, 0.1) is 21.0 Å². The highest BCUT2D eigenvalue weighted by atomic mass is 32.2. The number of hydrogen-bond acceptors (Lipinski definition) is 7. The lowest BCUT2D eigenvalue weighted by molar-refractivity contribution is -0.137. The number of aryl methyl sites for hydroxylation is 1. The number of alkyl halides is 3. The average molecular weight is 584 g/mol. The third-order valence-electron chi connectivity index (χ3n) is 6.56. The lowest BCUT2D eigenvalue weighted by Gasteiger charge is -2.16. The molecule has 1 N–H and O–H groups in total. The second kappa shape index (κ2) is 11.1. The first-order chi connectivity index (χ1) is 19.2. The van der Waals surface area contributed by atoms with Crippen molar-refractivity contribution in [1.29, 1.82) is 5.26 Å². The van der Waals surface area contributed by atoms with Crippen molar-refractivity contribution in [3.63, 3.8) is 0 Å². The molecule has 0 saturated heterocycles. The summed E-state index contributed by atoms with van der Waals surface area (Å²) in [5.74, 6) is -0.558. The van der Waals surface area contributed by atoms with E-state index in [0.29, 0.717) is 21.7 Å². The number of amides is 1. The molecule has 41 heavy (non-hydrogen) atoms. The van der Waals surface area contributed by atoms with Crippen LogP contribution in [0.2, 0.25) is 0 Å². The third-order valence-corrected chi connectivity index (χ3v) is 8.13. The van der Waals surface area contributed by atoms with Gasteiger partial charge in [-0.3, -0.25) is 14.2 Å². The fourth-order valence-electron chi connectivity index (χ4n) is 4.16. The van der Waals surface area contributed by atoms with Crippen LogP contribution in [0.5, 0.6) is 0 Å². The SMILES string of the molecule is Cc1noc(-n2cc(C(=O)NCc3ccc(S(C)(=O)=NC#N)cc3)c(=O)c(-c3cccc(C(F)(F)F)c3)c2C)c1C. The molecular weight excluding hydrogens is 559 g/mol. The Morgan fingerprint density at radius 3 is 2.44 bits per heavy atom. The maximum Gasteiger partial charge on any atom is 0.416 e. The van der Waals surface area contributed by atoms with Gasteiger partial charge in [-0.1, -0.05) is 29.4 Å². The molecule has 9 nitrogen and oxygen atoms in total. The topological polar surface area (TPSA) is 130 Å². The van der Waals surface area contributed by atoms with Crippen LogP contribution in [0.1, 0.15) is 38.4 Å². The normalized spacial score (nSPS) is 12.8. The van der Waals surface area contributed by atoms with Gasteiger partial charge in [0.2, 0.25) is 17.5 Å². The largest absolute Gasteiger partial charge is 0.416 e. The van der Waals surface area contributed by atoms with E-state index in [1.54, 1.807) is 32.9 Å². The van der Waals surface area contributed by atoms with E-state index in [1.807, 2.05) is 0 Å². The molecule has 212 valence electrons. The van der Waals surface area contributed by atoms with Gasteiger partial charge in [0.1, 0.15) is 5.56 Å². The summed E-state index contributed by atoms with van der Waals surface area (Å²) in [5.41, 5.74) is -0.0968. The minimum Gasteiger partial charge on any atom is -0.348 e. The van der Waals surface area contributed by atoms with E-state index >= 15 is 0 Å². The number of nitrogens with zero attached hydrogens (tertiary/aromatic N) is 4. The second-order valence-corrected chi connectivity index (χ2v) is 11.6. The molecule has 2 heterocycles. The van der Waals surface area contributed by atoms with Crippen LogP contribution in [0.3, 0.4) is 0 Å². The fourth-order valence-corrected chi connectivity index (χ4v) is 5.07. The summed E-state index contributed by atoms with van der Waals surface area (Å²) in [4.78, 5) is 27.3. The highest BCUT2D eigenvalue weighted by Gasteiger charge is 2.31. The van der Waals surface area contributed by atoms with E-state index in [4.69, 9.17) is 9.78 Å².